The SMILES string of the molecule is Cn1c(SCc2ccc(F)cc2C(N)=NO)n[nH]c1=O. The van der Waals surface area contributed by atoms with E-state index < -0.39 is 5.82 Å². The summed E-state index contributed by atoms with van der Waals surface area (Å²) in [6, 6.07) is 4.02. The van der Waals surface area contributed by atoms with Gasteiger partial charge >= 0.3 is 5.69 Å². The quantitative estimate of drug-likeness (QED) is 0.252. The number of aromatic amines is 1. The maximum absolute atomic E-state index is 13.2. The lowest BCUT2D eigenvalue weighted by molar-refractivity contribution is 0.318. The van der Waals surface area contributed by atoms with Crippen molar-refractivity contribution in [3.8, 4) is 0 Å². The summed E-state index contributed by atoms with van der Waals surface area (Å²) in [5, 5.41) is 18.2. The molecule has 0 saturated heterocycles. The number of oxime groups is 1. The highest BCUT2D eigenvalue weighted by molar-refractivity contribution is 7.98. The number of thioether (sulfide) groups is 1. The van der Waals surface area contributed by atoms with Gasteiger partial charge in [0.25, 0.3) is 0 Å². The van der Waals surface area contributed by atoms with Crippen molar-refractivity contribution in [1.82, 2.24) is 14.8 Å². The van der Waals surface area contributed by atoms with Crippen LogP contribution in [0.5, 0.6) is 0 Å². The zero-order valence-electron chi connectivity index (χ0n) is 10.5. The lowest BCUT2D eigenvalue weighted by Gasteiger charge is -2.07. The number of amidine groups is 1. The average Bonchev–Trinajstić information content (AvgIpc) is 2.76. The first-order valence-electron chi connectivity index (χ1n) is 5.53. The van der Waals surface area contributed by atoms with E-state index in [9.17, 15) is 9.18 Å². The Balaban J connectivity index is 2.25. The van der Waals surface area contributed by atoms with Crippen molar-refractivity contribution >= 4 is 17.6 Å². The molecular weight excluding hydrogens is 285 g/mol. The van der Waals surface area contributed by atoms with Gasteiger partial charge in [0.05, 0.1) is 0 Å². The van der Waals surface area contributed by atoms with Gasteiger partial charge in [-0.1, -0.05) is 23.0 Å². The molecule has 1 aromatic carbocycles. The number of aromatic nitrogens is 3. The van der Waals surface area contributed by atoms with E-state index in [2.05, 4.69) is 15.4 Å². The summed E-state index contributed by atoms with van der Waals surface area (Å²) in [6.45, 7) is 0. The highest BCUT2D eigenvalue weighted by atomic mass is 32.2. The van der Waals surface area contributed by atoms with Gasteiger partial charge in [-0.2, -0.15) is 0 Å². The van der Waals surface area contributed by atoms with E-state index >= 15 is 0 Å². The number of H-pyrrole nitrogens is 1. The summed E-state index contributed by atoms with van der Waals surface area (Å²) in [4.78, 5) is 11.2. The molecule has 106 valence electrons. The summed E-state index contributed by atoms with van der Waals surface area (Å²) in [5.41, 5.74) is 6.17. The van der Waals surface area contributed by atoms with Crippen LogP contribution in [0.2, 0.25) is 0 Å². The summed E-state index contributed by atoms with van der Waals surface area (Å²) in [5.74, 6) is -0.257. The highest BCUT2D eigenvalue weighted by Crippen LogP contribution is 2.22. The lowest BCUT2D eigenvalue weighted by atomic mass is 10.1. The Kier molecular flexibility index (Phi) is 4.08. The standard InChI is InChI=1S/C11H12FN5O2S/c1-17-10(18)14-15-11(17)20-5-6-2-3-7(12)4-8(6)9(13)16-19/h2-4,19H,5H2,1H3,(H2,13,16)(H,14,18). The molecule has 20 heavy (non-hydrogen) atoms. The molecule has 0 bridgehead atoms. The van der Waals surface area contributed by atoms with Gasteiger partial charge in [0, 0.05) is 18.4 Å². The number of hydrogen-bond donors (Lipinski definition) is 3. The van der Waals surface area contributed by atoms with E-state index in [4.69, 9.17) is 10.9 Å². The van der Waals surface area contributed by atoms with E-state index in [1.807, 2.05) is 0 Å². The number of nitrogens with two attached hydrogens (primary N) is 1. The summed E-state index contributed by atoms with van der Waals surface area (Å²) in [6.07, 6.45) is 0. The minimum atomic E-state index is -0.479. The van der Waals surface area contributed by atoms with Crippen molar-refractivity contribution in [2.75, 3.05) is 0 Å². The molecular formula is C11H12FN5O2S. The van der Waals surface area contributed by atoms with Gasteiger partial charge in [-0.05, 0) is 17.7 Å². The third kappa shape index (κ3) is 2.82. The van der Waals surface area contributed by atoms with Gasteiger partial charge < -0.3 is 10.9 Å². The number of nitrogens with one attached hydrogen (secondary N) is 1. The first-order valence-corrected chi connectivity index (χ1v) is 6.52. The minimum Gasteiger partial charge on any atom is -0.409 e. The first-order chi connectivity index (χ1) is 9.52. The van der Waals surface area contributed by atoms with Gasteiger partial charge in [-0.15, -0.1) is 5.10 Å². The van der Waals surface area contributed by atoms with Crippen molar-refractivity contribution in [3.05, 3.63) is 45.6 Å². The zero-order valence-corrected chi connectivity index (χ0v) is 11.3. The fourth-order valence-corrected chi connectivity index (χ4v) is 2.49. The van der Waals surface area contributed by atoms with Crippen LogP contribution < -0.4 is 11.4 Å². The summed E-state index contributed by atoms with van der Waals surface area (Å²) < 4.78 is 14.6. The largest absolute Gasteiger partial charge is 0.409 e. The van der Waals surface area contributed by atoms with Crippen molar-refractivity contribution in [2.45, 2.75) is 10.9 Å². The van der Waals surface area contributed by atoms with Crippen LogP contribution in [0.1, 0.15) is 11.1 Å². The molecule has 0 fully saturated rings. The third-order valence-corrected chi connectivity index (χ3v) is 3.73. The van der Waals surface area contributed by atoms with Crippen molar-refractivity contribution < 1.29 is 9.60 Å². The molecule has 2 aromatic rings. The Morgan fingerprint density at radius 1 is 1.65 bits per heavy atom. The zero-order chi connectivity index (χ0) is 14.7. The fourth-order valence-electron chi connectivity index (χ4n) is 1.57. The first kappa shape index (κ1) is 14.1. The highest BCUT2D eigenvalue weighted by Gasteiger charge is 2.11. The molecule has 9 heteroatoms. The predicted molar refractivity (Wildman–Crippen MR) is 72.3 cm³/mol. The second-order valence-corrected chi connectivity index (χ2v) is 4.89. The number of hydrogen-bond acceptors (Lipinski definition) is 5. The Hall–Kier alpha value is -2.29. The van der Waals surface area contributed by atoms with Crippen molar-refractivity contribution in [3.63, 3.8) is 0 Å². The Bertz CT molecular complexity index is 709. The average molecular weight is 297 g/mol. The summed E-state index contributed by atoms with van der Waals surface area (Å²) in [7, 11) is 1.59. The molecule has 1 heterocycles. The molecule has 0 amide bonds. The smallest absolute Gasteiger partial charge is 0.343 e. The van der Waals surface area contributed by atoms with Crippen LogP contribution in [-0.2, 0) is 12.8 Å². The number of nitrogens with zero attached hydrogens (tertiary/aromatic N) is 3. The molecule has 2 rings (SSSR count). The molecule has 0 atom stereocenters. The molecule has 1 aromatic heterocycles. The molecule has 0 saturated carbocycles. The van der Waals surface area contributed by atoms with Crippen LogP contribution in [0.3, 0.4) is 0 Å². The monoisotopic (exact) mass is 297 g/mol. The fraction of sp³-hybridized carbons (Fsp3) is 0.182. The Morgan fingerprint density at radius 3 is 3.00 bits per heavy atom. The number of halogens is 1. The molecule has 4 N–H and O–H groups in total. The lowest BCUT2D eigenvalue weighted by Crippen LogP contribution is -2.16. The second kappa shape index (κ2) is 5.78. The number of benzene rings is 1. The van der Waals surface area contributed by atoms with E-state index in [1.54, 1.807) is 13.1 Å². The van der Waals surface area contributed by atoms with E-state index in [-0.39, 0.29) is 11.5 Å². The van der Waals surface area contributed by atoms with E-state index in [1.165, 1.54) is 28.5 Å². The second-order valence-electron chi connectivity index (χ2n) is 3.95. The van der Waals surface area contributed by atoms with Crippen LogP contribution in [0.4, 0.5) is 4.39 Å². The predicted octanol–water partition coefficient (Wildman–Crippen LogP) is 0.634. The molecule has 0 aliphatic heterocycles. The normalized spacial score (nSPS) is 11.8. The molecule has 0 radical (unpaired) electrons. The molecule has 0 spiro atoms. The summed E-state index contributed by atoms with van der Waals surface area (Å²) >= 11 is 1.27. The minimum absolute atomic E-state index is 0.170. The van der Waals surface area contributed by atoms with E-state index in [0.717, 1.165) is 0 Å². The van der Waals surface area contributed by atoms with Gasteiger partial charge in [-0.3, -0.25) is 4.57 Å². The topological polar surface area (TPSA) is 109 Å². The van der Waals surface area contributed by atoms with Gasteiger partial charge in [0.15, 0.2) is 11.0 Å². The van der Waals surface area contributed by atoms with Gasteiger partial charge in [-0.25, -0.2) is 14.3 Å². The van der Waals surface area contributed by atoms with Crippen LogP contribution in [0, 0.1) is 5.82 Å². The van der Waals surface area contributed by atoms with Crippen LogP contribution in [0.25, 0.3) is 0 Å². The molecule has 0 aliphatic carbocycles. The molecule has 0 aliphatic rings. The van der Waals surface area contributed by atoms with Crippen molar-refractivity contribution in [2.24, 2.45) is 17.9 Å². The maximum atomic E-state index is 13.2. The van der Waals surface area contributed by atoms with E-state index in [0.29, 0.717) is 22.0 Å². The number of rotatable bonds is 4. The van der Waals surface area contributed by atoms with Crippen LogP contribution >= 0.6 is 11.8 Å². The maximum Gasteiger partial charge on any atom is 0.343 e. The van der Waals surface area contributed by atoms with Gasteiger partial charge in [0.2, 0.25) is 0 Å². The van der Waals surface area contributed by atoms with Crippen LogP contribution in [-0.4, -0.2) is 25.8 Å². The molecule has 7 nitrogen and oxygen atoms in total. The Morgan fingerprint density at radius 2 is 2.40 bits per heavy atom. The third-order valence-electron chi connectivity index (χ3n) is 2.65. The van der Waals surface area contributed by atoms with Crippen molar-refractivity contribution in [1.29, 1.82) is 0 Å². The van der Waals surface area contributed by atoms with Gasteiger partial charge in [0.1, 0.15) is 5.82 Å². The molecule has 0 unspecified atom stereocenters. The Labute approximate surface area is 117 Å². The van der Waals surface area contributed by atoms with Crippen LogP contribution in [0.15, 0.2) is 33.3 Å².